The Kier molecular flexibility index (Phi) is 12.9. The molecule has 6 heteroatoms. The number of nitrogens with zero attached hydrogens (tertiary/aromatic N) is 3. The molecule has 1 unspecified atom stereocenters. The summed E-state index contributed by atoms with van der Waals surface area (Å²) < 4.78 is 4.97. The van der Waals surface area contributed by atoms with Crippen molar-refractivity contribution >= 4 is 5.97 Å². The number of benzene rings is 6. The zero-order valence-electron chi connectivity index (χ0n) is 32.7. The molecule has 0 spiro atoms. The fourth-order valence-corrected chi connectivity index (χ4v) is 8.94. The molecule has 2 aliphatic heterocycles. The summed E-state index contributed by atoms with van der Waals surface area (Å²) in [6.07, 6.45) is 0. The summed E-state index contributed by atoms with van der Waals surface area (Å²) in [5, 5.41) is 3.50. The van der Waals surface area contributed by atoms with Crippen LogP contribution in [0.4, 0.5) is 0 Å². The second kappa shape index (κ2) is 18.5. The molecule has 0 aromatic heterocycles. The standard InChI is InChI=1S/C27H30N2O2.C23H24N2/c1-22(26(30)31-2)28-18-20-29(21-19-28)27(23-12-6-3-7-13-23,24-14-8-4-9-15-24)25-16-10-5-11-17-25;1-4-10-20(11-5-1)23(21-12-6-2-7-13-21,22-14-8-3-9-15-22)25-18-16-24-17-19-25/h3-17,22H,18-21H2,1-2H3;1-15,24H,16-19H2. The van der Waals surface area contributed by atoms with Crippen molar-refractivity contribution in [2.45, 2.75) is 24.0 Å². The van der Waals surface area contributed by atoms with Crippen LogP contribution in [0.1, 0.15) is 40.3 Å². The van der Waals surface area contributed by atoms with Gasteiger partial charge in [-0.1, -0.05) is 182 Å². The smallest absolute Gasteiger partial charge is 0.322 e. The van der Waals surface area contributed by atoms with Crippen LogP contribution < -0.4 is 5.32 Å². The zero-order chi connectivity index (χ0) is 38.6. The lowest BCUT2D eigenvalue weighted by molar-refractivity contribution is -0.147. The molecule has 1 N–H and O–H groups in total. The third-order valence-corrected chi connectivity index (χ3v) is 11.6. The molecule has 8 rings (SSSR count). The highest BCUT2D eigenvalue weighted by Crippen LogP contribution is 2.44. The maximum absolute atomic E-state index is 12.1. The highest BCUT2D eigenvalue weighted by atomic mass is 16.5. The molecule has 0 saturated carbocycles. The molecule has 0 amide bonds. The van der Waals surface area contributed by atoms with Crippen molar-refractivity contribution in [3.8, 4) is 0 Å². The third kappa shape index (κ3) is 7.84. The second-order valence-electron chi connectivity index (χ2n) is 14.6. The first-order valence-electron chi connectivity index (χ1n) is 20.0. The van der Waals surface area contributed by atoms with Gasteiger partial charge in [0.1, 0.15) is 6.04 Å². The van der Waals surface area contributed by atoms with E-state index in [-0.39, 0.29) is 17.6 Å². The summed E-state index contributed by atoms with van der Waals surface area (Å²) in [6.45, 7) is 9.34. The van der Waals surface area contributed by atoms with Crippen molar-refractivity contribution in [3.05, 3.63) is 215 Å². The summed E-state index contributed by atoms with van der Waals surface area (Å²) >= 11 is 0. The molecule has 0 radical (unpaired) electrons. The quantitative estimate of drug-likeness (QED) is 0.113. The fraction of sp³-hybridized carbons (Fsp3) is 0.260. The number of nitrogens with one attached hydrogen (secondary N) is 1. The van der Waals surface area contributed by atoms with Gasteiger partial charge in [0.2, 0.25) is 0 Å². The van der Waals surface area contributed by atoms with Gasteiger partial charge in [-0.2, -0.15) is 0 Å². The van der Waals surface area contributed by atoms with Crippen LogP contribution in [0, 0.1) is 0 Å². The van der Waals surface area contributed by atoms with Crippen LogP contribution in [-0.4, -0.2) is 86.2 Å². The lowest BCUT2D eigenvalue weighted by Crippen LogP contribution is -2.58. The first kappa shape index (κ1) is 38.9. The summed E-state index contributed by atoms with van der Waals surface area (Å²) in [6, 6.07) is 64.8. The molecule has 2 aliphatic rings. The van der Waals surface area contributed by atoms with Gasteiger partial charge in [-0.25, -0.2) is 0 Å². The average Bonchev–Trinajstić information content (AvgIpc) is 3.29. The number of carbonyl (C=O) groups excluding carboxylic acids is 1. The van der Waals surface area contributed by atoms with Gasteiger partial charge in [-0.3, -0.25) is 19.5 Å². The molecule has 56 heavy (non-hydrogen) atoms. The molecule has 2 saturated heterocycles. The van der Waals surface area contributed by atoms with Crippen molar-refractivity contribution in [2.24, 2.45) is 0 Å². The number of carbonyl (C=O) groups is 1. The number of hydrogen-bond acceptors (Lipinski definition) is 6. The van der Waals surface area contributed by atoms with Gasteiger partial charge in [0.25, 0.3) is 0 Å². The van der Waals surface area contributed by atoms with Gasteiger partial charge < -0.3 is 10.1 Å². The number of esters is 1. The Morgan fingerprint density at radius 1 is 0.464 bits per heavy atom. The van der Waals surface area contributed by atoms with E-state index in [1.165, 1.54) is 40.5 Å². The van der Waals surface area contributed by atoms with Crippen LogP contribution in [0.15, 0.2) is 182 Å². The first-order chi connectivity index (χ1) is 27.6. The largest absolute Gasteiger partial charge is 0.468 e. The number of methoxy groups -OCH3 is 1. The minimum Gasteiger partial charge on any atom is -0.468 e. The SMILES string of the molecule is COC(=O)C(C)N1CCN(C(c2ccccc2)(c2ccccc2)c2ccccc2)CC1.c1ccc(C(c2ccccc2)(c2ccccc2)N2CCNCC2)cc1. The Morgan fingerprint density at radius 2 is 0.732 bits per heavy atom. The van der Waals surface area contributed by atoms with Crippen LogP contribution in [0.2, 0.25) is 0 Å². The average molecular weight is 743 g/mol. The lowest BCUT2D eigenvalue weighted by atomic mass is 9.75. The van der Waals surface area contributed by atoms with Gasteiger partial charge in [-0.05, 0) is 40.3 Å². The van der Waals surface area contributed by atoms with Crippen LogP contribution in [-0.2, 0) is 20.6 Å². The molecule has 6 aromatic rings. The van der Waals surface area contributed by atoms with Crippen molar-refractivity contribution in [3.63, 3.8) is 0 Å². The van der Waals surface area contributed by atoms with E-state index in [4.69, 9.17) is 4.74 Å². The van der Waals surface area contributed by atoms with Crippen molar-refractivity contribution in [2.75, 3.05) is 59.5 Å². The Balaban J connectivity index is 0.000000175. The molecule has 6 aromatic carbocycles. The minimum absolute atomic E-state index is 0.172. The maximum Gasteiger partial charge on any atom is 0.322 e. The van der Waals surface area contributed by atoms with Crippen LogP contribution >= 0.6 is 0 Å². The van der Waals surface area contributed by atoms with Crippen molar-refractivity contribution in [1.29, 1.82) is 0 Å². The third-order valence-electron chi connectivity index (χ3n) is 11.6. The first-order valence-corrected chi connectivity index (χ1v) is 20.0. The molecular formula is C50H54N4O2. The molecule has 286 valence electrons. The van der Waals surface area contributed by atoms with E-state index in [1.807, 2.05) is 6.92 Å². The molecule has 6 nitrogen and oxygen atoms in total. The minimum atomic E-state index is -0.398. The Hall–Kier alpha value is -5.37. The Bertz CT molecular complexity index is 1860. The topological polar surface area (TPSA) is 48.1 Å². The molecule has 2 fully saturated rings. The van der Waals surface area contributed by atoms with Crippen LogP contribution in [0.3, 0.4) is 0 Å². The number of ether oxygens (including phenoxy) is 1. The van der Waals surface area contributed by atoms with Gasteiger partial charge in [0, 0.05) is 52.4 Å². The van der Waals surface area contributed by atoms with Gasteiger partial charge in [0.05, 0.1) is 18.2 Å². The molecule has 0 aliphatic carbocycles. The van der Waals surface area contributed by atoms with Gasteiger partial charge >= 0.3 is 5.97 Å². The van der Waals surface area contributed by atoms with Crippen molar-refractivity contribution < 1.29 is 9.53 Å². The van der Waals surface area contributed by atoms with Gasteiger partial charge in [0.15, 0.2) is 0 Å². The van der Waals surface area contributed by atoms with E-state index < -0.39 is 5.54 Å². The van der Waals surface area contributed by atoms with E-state index >= 15 is 0 Å². The molecular weight excluding hydrogens is 689 g/mol. The predicted molar refractivity (Wildman–Crippen MR) is 227 cm³/mol. The normalized spacial score (nSPS) is 16.2. The number of rotatable bonds is 10. The van der Waals surface area contributed by atoms with Crippen LogP contribution in [0.5, 0.6) is 0 Å². The lowest BCUT2D eigenvalue weighted by Gasteiger charge is -2.49. The fourth-order valence-electron chi connectivity index (χ4n) is 8.94. The van der Waals surface area contributed by atoms with E-state index in [0.29, 0.717) is 0 Å². The second-order valence-corrected chi connectivity index (χ2v) is 14.6. The monoisotopic (exact) mass is 742 g/mol. The summed E-state index contributed by atoms with van der Waals surface area (Å²) in [5.41, 5.74) is 7.08. The molecule has 1 atom stereocenters. The molecule has 0 bridgehead atoms. The van der Waals surface area contributed by atoms with Gasteiger partial charge in [-0.15, -0.1) is 0 Å². The van der Waals surface area contributed by atoms with E-state index in [0.717, 1.165) is 52.4 Å². The van der Waals surface area contributed by atoms with E-state index in [2.05, 4.69) is 202 Å². The summed E-state index contributed by atoms with van der Waals surface area (Å²) in [7, 11) is 1.46. The van der Waals surface area contributed by atoms with Crippen LogP contribution in [0.25, 0.3) is 0 Å². The summed E-state index contributed by atoms with van der Waals surface area (Å²) in [5.74, 6) is -0.172. The molecule has 2 heterocycles. The van der Waals surface area contributed by atoms with E-state index in [9.17, 15) is 4.79 Å². The maximum atomic E-state index is 12.1. The Labute approximate surface area is 333 Å². The number of piperazine rings is 2. The van der Waals surface area contributed by atoms with E-state index in [1.54, 1.807) is 0 Å². The Morgan fingerprint density at radius 3 is 1.00 bits per heavy atom. The summed E-state index contributed by atoms with van der Waals surface area (Å²) in [4.78, 5) is 19.5. The highest BCUT2D eigenvalue weighted by molar-refractivity contribution is 5.75. The number of hydrogen-bond donors (Lipinski definition) is 1. The highest BCUT2D eigenvalue weighted by Gasteiger charge is 2.44. The zero-order valence-corrected chi connectivity index (χ0v) is 32.7. The predicted octanol–water partition coefficient (Wildman–Crippen LogP) is 8.04. The van der Waals surface area contributed by atoms with Crippen molar-refractivity contribution in [1.82, 2.24) is 20.0 Å².